The van der Waals surface area contributed by atoms with Crippen LogP contribution in [0, 0.1) is 26.7 Å². The molecule has 1 aromatic carbocycles. The van der Waals surface area contributed by atoms with Crippen molar-refractivity contribution in [3.8, 4) is 0 Å². The lowest BCUT2D eigenvalue weighted by Gasteiger charge is -2.33. The van der Waals surface area contributed by atoms with Crippen molar-refractivity contribution in [1.29, 1.82) is 0 Å². The van der Waals surface area contributed by atoms with Gasteiger partial charge in [0.2, 0.25) is 10.0 Å². The van der Waals surface area contributed by atoms with E-state index in [4.69, 9.17) is 0 Å². The Morgan fingerprint density at radius 2 is 1.91 bits per heavy atom. The number of nitrogens with zero attached hydrogens (tertiary/aromatic N) is 2. The molecule has 1 aliphatic rings. The lowest BCUT2D eigenvalue weighted by Crippen LogP contribution is -2.43. The Morgan fingerprint density at radius 3 is 2.61 bits per heavy atom. The first-order valence-corrected chi connectivity index (χ1v) is 13.7. The second kappa shape index (κ2) is 9.83. The van der Waals surface area contributed by atoms with E-state index in [0.29, 0.717) is 19.6 Å². The summed E-state index contributed by atoms with van der Waals surface area (Å²) in [5.41, 5.74) is 3.81. The van der Waals surface area contributed by atoms with Crippen molar-refractivity contribution in [2.24, 2.45) is 5.92 Å². The highest BCUT2D eigenvalue weighted by atomic mass is 32.2. The van der Waals surface area contributed by atoms with E-state index in [2.05, 4.69) is 20.7 Å². The van der Waals surface area contributed by atoms with E-state index in [9.17, 15) is 13.2 Å². The molecule has 4 rings (SSSR count). The molecule has 6 nitrogen and oxygen atoms in total. The smallest absolute Gasteiger partial charge is 0.255 e. The zero-order chi connectivity index (χ0) is 23.6. The first-order chi connectivity index (χ1) is 15.7. The van der Waals surface area contributed by atoms with E-state index in [0.717, 1.165) is 41.9 Å². The molecule has 1 amide bonds. The largest absolute Gasteiger partial charge is 0.343 e. The summed E-state index contributed by atoms with van der Waals surface area (Å²) in [6.45, 7) is 8.33. The summed E-state index contributed by atoms with van der Waals surface area (Å²) < 4.78 is 30.2. The van der Waals surface area contributed by atoms with Crippen LogP contribution in [0.3, 0.4) is 0 Å². The highest BCUT2D eigenvalue weighted by molar-refractivity contribution is 7.89. The van der Waals surface area contributed by atoms with Crippen LogP contribution in [0.1, 0.15) is 45.0 Å². The Kier molecular flexibility index (Phi) is 7.07. The Hall–Kier alpha value is -2.42. The Morgan fingerprint density at radius 1 is 1.15 bits per heavy atom. The van der Waals surface area contributed by atoms with Crippen molar-refractivity contribution in [3.63, 3.8) is 0 Å². The minimum Gasteiger partial charge on any atom is -0.343 e. The lowest BCUT2D eigenvalue weighted by atomic mass is 9.97. The van der Waals surface area contributed by atoms with E-state index in [-0.39, 0.29) is 16.7 Å². The van der Waals surface area contributed by atoms with Gasteiger partial charge in [-0.1, -0.05) is 23.8 Å². The molecule has 0 spiro atoms. The highest BCUT2D eigenvalue weighted by Crippen LogP contribution is 2.24. The summed E-state index contributed by atoms with van der Waals surface area (Å²) in [5.74, 6) is 0.129. The normalized spacial score (nSPS) is 16.8. The van der Waals surface area contributed by atoms with Crippen LogP contribution in [0.2, 0.25) is 0 Å². The molecule has 1 fully saturated rings. The molecule has 33 heavy (non-hydrogen) atoms. The number of aromatic nitrogens is 1. The number of carbonyl (C=O) groups excluding carboxylic acids is 1. The fourth-order valence-corrected chi connectivity index (χ4v) is 6.24. The average molecular weight is 486 g/mol. The van der Waals surface area contributed by atoms with Crippen LogP contribution >= 0.6 is 11.3 Å². The summed E-state index contributed by atoms with van der Waals surface area (Å²) in [7, 11) is -3.56. The predicted molar refractivity (Wildman–Crippen MR) is 132 cm³/mol. The van der Waals surface area contributed by atoms with Gasteiger partial charge in [-0.05, 0) is 69.2 Å². The van der Waals surface area contributed by atoms with Crippen molar-refractivity contribution in [1.82, 2.24) is 14.2 Å². The van der Waals surface area contributed by atoms with Crippen LogP contribution in [0.5, 0.6) is 0 Å². The second-order valence-corrected chi connectivity index (χ2v) is 11.7. The Balaban J connectivity index is 1.41. The number of hydrogen-bond donors (Lipinski definition) is 1. The van der Waals surface area contributed by atoms with Crippen LogP contribution in [0.4, 0.5) is 0 Å². The maximum atomic E-state index is 13.4. The summed E-state index contributed by atoms with van der Waals surface area (Å²) in [6.07, 6.45) is 1.77. The molecular weight excluding hydrogens is 454 g/mol. The van der Waals surface area contributed by atoms with Crippen LogP contribution in [0.15, 0.2) is 52.7 Å². The number of thiophene rings is 1. The van der Waals surface area contributed by atoms with Crippen molar-refractivity contribution < 1.29 is 13.2 Å². The Labute approximate surface area is 200 Å². The van der Waals surface area contributed by atoms with E-state index in [1.807, 2.05) is 37.8 Å². The number of rotatable bonds is 7. The second-order valence-electron chi connectivity index (χ2n) is 8.87. The van der Waals surface area contributed by atoms with Gasteiger partial charge in [-0.3, -0.25) is 4.79 Å². The third-order valence-corrected chi connectivity index (χ3v) is 8.70. The van der Waals surface area contributed by atoms with E-state index >= 15 is 0 Å². The van der Waals surface area contributed by atoms with Crippen LogP contribution in [-0.2, 0) is 16.6 Å². The van der Waals surface area contributed by atoms with Crippen molar-refractivity contribution in [2.45, 2.75) is 45.1 Å². The van der Waals surface area contributed by atoms with Gasteiger partial charge < -0.3 is 9.47 Å². The monoisotopic (exact) mass is 485 g/mol. The minimum atomic E-state index is -3.56. The van der Waals surface area contributed by atoms with E-state index in [1.54, 1.807) is 35.6 Å². The number of benzene rings is 1. The zero-order valence-electron chi connectivity index (χ0n) is 19.4. The third kappa shape index (κ3) is 5.39. The molecule has 176 valence electrons. The molecule has 1 N–H and O–H groups in total. The topological polar surface area (TPSA) is 71.4 Å². The third-order valence-electron chi connectivity index (χ3n) is 6.40. The SMILES string of the molecule is Cc1ccc(S(=O)(=O)NCC2CCCN(C(=O)c3cc(C)n(Cc4cccs4)c3C)C2)cc1. The van der Waals surface area contributed by atoms with Gasteiger partial charge in [0, 0.05) is 35.9 Å². The molecule has 1 atom stereocenters. The van der Waals surface area contributed by atoms with Crippen LogP contribution in [0.25, 0.3) is 0 Å². The van der Waals surface area contributed by atoms with Gasteiger partial charge in [-0.15, -0.1) is 11.3 Å². The maximum Gasteiger partial charge on any atom is 0.255 e. The molecule has 1 aliphatic heterocycles. The number of likely N-dealkylation sites (tertiary alicyclic amines) is 1. The van der Waals surface area contributed by atoms with Gasteiger partial charge in [-0.2, -0.15) is 0 Å². The molecule has 2 aromatic heterocycles. The van der Waals surface area contributed by atoms with E-state index < -0.39 is 10.0 Å². The molecule has 3 heterocycles. The predicted octanol–water partition coefficient (Wildman–Crippen LogP) is 4.35. The first kappa shape index (κ1) is 23.7. The fraction of sp³-hybridized carbons (Fsp3) is 0.400. The Bertz CT molecular complexity index is 1210. The summed E-state index contributed by atoms with van der Waals surface area (Å²) in [6, 6.07) is 13.0. The number of hydrogen-bond acceptors (Lipinski definition) is 4. The quantitative estimate of drug-likeness (QED) is 0.541. The summed E-state index contributed by atoms with van der Waals surface area (Å²) in [4.78, 5) is 16.8. The number of piperidine rings is 1. The lowest BCUT2D eigenvalue weighted by molar-refractivity contribution is 0.0675. The number of nitrogens with one attached hydrogen (secondary N) is 1. The van der Waals surface area contributed by atoms with Crippen LogP contribution in [-0.4, -0.2) is 43.4 Å². The van der Waals surface area contributed by atoms with Gasteiger partial charge >= 0.3 is 0 Å². The molecule has 0 saturated carbocycles. The fourth-order valence-electron chi connectivity index (χ4n) is 4.43. The molecule has 0 radical (unpaired) electrons. The summed E-state index contributed by atoms with van der Waals surface area (Å²) >= 11 is 1.72. The standard InChI is InChI=1S/C25H31N3O3S2/c1-18-8-10-23(11-9-18)33(30,31)26-15-21-6-4-12-27(16-21)25(29)24-14-19(2)28(20(24)3)17-22-7-5-13-32-22/h5,7-11,13-14,21,26H,4,6,12,15-17H2,1-3H3. The number of sulfonamides is 1. The van der Waals surface area contributed by atoms with Crippen LogP contribution < -0.4 is 4.72 Å². The number of carbonyl (C=O) groups is 1. The van der Waals surface area contributed by atoms with Gasteiger partial charge in [0.15, 0.2) is 0 Å². The molecular formula is C25H31N3O3S2. The van der Waals surface area contributed by atoms with Gasteiger partial charge in [-0.25, -0.2) is 13.1 Å². The maximum absolute atomic E-state index is 13.4. The molecule has 8 heteroatoms. The van der Waals surface area contributed by atoms with Gasteiger partial charge in [0.1, 0.15) is 0 Å². The zero-order valence-corrected chi connectivity index (χ0v) is 21.0. The number of amides is 1. The van der Waals surface area contributed by atoms with Crippen molar-refractivity contribution >= 4 is 27.3 Å². The van der Waals surface area contributed by atoms with Gasteiger partial charge in [0.05, 0.1) is 17.0 Å². The molecule has 3 aromatic rings. The average Bonchev–Trinajstić information content (AvgIpc) is 3.42. The van der Waals surface area contributed by atoms with Gasteiger partial charge in [0.25, 0.3) is 5.91 Å². The number of aryl methyl sites for hydroxylation is 2. The molecule has 0 aliphatic carbocycles. The molecule has 0 bridgehead atoms. The van der Waals surface area contributed by atoms with E-state index in [1.165, 1.54) is 4.88 Å². The highest BCUT2D eigenvalue weighted by Gasteiger charge is 2.28. The minimum absolute atomic E-state index is 0.0339. The summed E-state index contributed by atoms with van der Waals surface area (Å²) in [5, 5.41) is 2.07. The molecule has 1 saturated heterocycles. The van der Waals surface area contributed by atoms with Crippen molar-refractivity contribution in [3.05, 3.63) is 75.2 Å². The molecule has 1 unspecified atom stereocenters. The van der Waals surface area contributed by atoms with Crippen molar-refractivity contribution in [2.75, 3.05) is 19.6 Å². The first-order valence-electron chi connectivity index (χ1n) is 11.3.